The van der Waals surface area contributed by atoms with Crippen LogP contribution in [-0.4, -0.2) is 36.0 Å². The van der Waals surface area contributed by atoms with E-state index in [1.807, 2.05) is 6.07 Å². The van der Waals surface area contributed by atoms with E-state index < -0.39 is 0 Å². The van der Waals surface area contributed by atoms with Crippen LogP contribution >= 0.6 is 0 Å². The summed E-state index contributed by atoms with van der Waals surface area (Å²) in [4.78, 5) is 12.8. The van der Waals surface area contributed by atoms with Gasteiger partial charge < -0.3 is 10.2 Å². The Morgan fingerprint density at radius 2 is 2.37 bits per heavy atom. The third-order valence-electron chi connectivity index (χ3n) is 3.72. The molecule has 1 aliphatic heterocycles. The van der Waals surface area contributed by atoms with Crippen LogP contribution in [0.1, 0.15) is 31.4 Å². The molecule has 5 heteroatoms. The minimum absolute atomic E-state index is 0.168. The van der Waals surface area contributed by atoms with Crippen LogP contribution in [0.25, 0.3) is 0 Å². The third kappa shape index (κ3) is 3.52. The van der Waals surface area contributed by atoms with Crippen molar-refractivity contribution in [3.05, 3.63) is 39.9 Å². The fourth-order valence-corrected chi connectivity index (χ4v) is 2.66. The minimum atomic E-state index is -0.334. The SMILES string of the molecule is CCC(NC1CCN(C)C1)c1cccc([N+](=O)[O-])c1. The van der Waals surface area contributed by atoms with Gasteiger partial charge in [-0.15, -0.1) is 0 Å². The van der Waals surface area contributed by atoms with Gasteiger partial charge in [0.1, 0.15) is 0 Å². The molecular weight excluding hydrogens is 242 g/mol. The fourth-order valence-electron chi connectivity index (χ4n) is 2.66. The molecule has 0 radical (unpaired) electrons. The molecule has 0 aromatic heterocycles. The number of likely N-dealkylation sites (N-methyl/N-ethyl adjacent to an activating group) is 1. The summed E-state index contributed by atoms with van der Waals surface area (Å²) in [6, 6.07) is 7.62. The number of likely N-dealkylation sites (tertiary alicyclic amines) is 1. The molecule has 2 unspecified atom stereocenters. The number of rotatable bonds is 5. The highest BCUT2D eigenvalue weighted by atomic mass is 16.6. The molecule has 2 atom stereocenters. The van der Waals surface area contributed by atoms with Crippen molar-refractivity contribution in [2.24, 2.45) is 0 Å². The van der Waals surface area contributed by atoms with Crippen LogP contribution in [0.2, 0.25) is 0 Å². The lowest BCUT2D eigenvalue weighted by atomic mass is 10.0. The molecule has 5 nitrogen and oxygen atoms in total. The normalized spacial score (nSPS) is 21.5. The molecule has 19 heavy (non-hydrogen) atoms. The number of nitro benzene ring substituents is 1. The largest absolute Gasteiger partial charge is 0.306 e. The Morgan fingerprint density at radius 3 is 2.95 bits per heavy atom. The monoisotopic (exact) mass is 263 g/mol. The van der Waals surface area contributed by atoms with Gasteiger partial charge in [-0.05, 0) is 32.0 Å². The highest BCUT2D eigenvalue weighted by Crippen LogP contribution is 2.23. The maximum absolute atomic E-state index is 10.8. The van der Waals surface area contributed by atoms with Crippen molar-refractivity contribution in [3.8, 4) is 0 Å². The zero-order valence-electron chi connectivity index (χ0n) is 11.5. The molecule has 1 aromatic rings. The van der Waals surface area contributed by atoms with Gasteiger partial charge in [0.25, 0.3) is 5.69 Å². The van der Waals surface area contributed by atoms with Crippen molar-refractivity contribution in [1.82, 2.24) is 10.2 Å². The lowest BCUT2D eigenvalue weighted by Crippen LogP contribution is -2.34. The van der Waals surface area contributed by atoms with E-state index in [0.717, 1.165) is 31.5 Å². The summed E-state index contributed by atoms with van der Waals surface area (Å²) >= 11 is 0. The first-order chi connectivity index (χ1) is 9.10. The maximum atomic E-state index is 10.8. The molecule has 1 aromatic carbocycles. The lowest BCUT2D eigenvalue weighted by Gasteiger charge is -2.22. The van der Waals surface area contributed by atoms with E-state index in [9.17, 15) is 10.1 Å². The van der Waals surface area contributed by atoms with E-state index in [-0.39, 0.29) is 16.7 Å². The summed E-state index contributed by atoms with van der Waals surface area (Å²) in [7, 11) is 2.12. The standard InChI is InChI=1S/C14H21N3O2/c1-3-14(15-12-7-8-16(2)10-12)11-5-4-6-13(9-11)17(18)19/h4-6,9,12,14-15H,3,7-8,10H2,1-2H3. The van der Waals surface area contributed by atoms with Crippen LogP contribution in [-0.2, 0) is 0 Å². The van der Waals surface area contributed by atoms with Crippen molar-refractivity contribution < 1.29 is 4.92 Å². The van der Waals surface area contributed by atoms with Gasteiger partial charge in [-0.3, -0.25) is 10.1 Å². The Kier molecular flexibility index (Phi) is 4.50. The maximum Gasteiger partial charge on any atom is 0.269 e. The quantitative estimate of drug-likeness (QED) is 0.654. The van der Waals surface area contributed by atoms with Crippen LogP contribution in [0.4, 0.5) is 5.69 Å². The van der Waals surface area contributed by atoms with E-state index in [4.69, 9.17) is 0 Å². The number of nitro groups is 1. The number of nitrogens with one attached hydrogen (secondary N) is 1. The van der Waals surface area contributed by atoms with Gasteiger partial charge in [0, 0.05) is 30.8 Å². The predicted octanol–water partition coefficient (Wildman–Crippen LogP) is 2.34. The summed E-state index contributed by atoms with van der Waals surface area (Å²) < 4.78 is 0. The number of hydrogen-bond acceptors (Lipinski definition) is 4. The zero-order valence-corrected chi connectivity index (χ0v) is 11.5. The van der Waals surface area contributed by atoms with Crippen molar-refractivity contribution in [2.45, 2.75) is 31.8 Å². The Hall–Kier alpha value is -1.46. The van der Waals surface area contributed by atoms with Crippen LogP contribution in [0.3, 0.4) is 0 Å². The van der Waals surface area contributed by atoms with Crippen LogP contribution in [0, 0.1) is 10.1 Å². The molecule has 1 N–H and O–H groups in total. The number of non-ortho nitro benzene ring substituents is 1. The number of benzene rings is 1. The lowest BCUT2D eigenvalue weighted by molar-refractivity contribution is -0.384. The molecule has 1 fully saturated rings. The molecule has 104 valence electrons. The molecule has 0 amide bonds. The molecular formula is C14H21N3O2. The summed E-state index contributed by atoms with van der Waals surface area (Å²) in [6.45, 7) is 4.27. The Balaban J connectivity index is 2.08. The Labute approximate surface area is 113 Å². The van der Waals surface area contributed by atoms with Gasteiger partial charge in [0.2, 0.25) is 0 Å². The van der Waals surface area contributed by atoms with E-state index in [1.165, 1.54) is 0 Å². The second-order valence-electron chi connectivity index (χ2n) is 5.23. The Bertz CT molecular complexity index is 450. The molecule has 0 saturated carbocycles. The van der Waals surface area contributed by atoms with E-state index in [2.05, 4.69) is 24.2 Å². The molecule has 1 heterocycles. The fraction of sp³-hybridized carbons (Fsp3) is 0.571. The van der Waals surface area contributed by atoms with E-state index in [1.54, 1.807) is 18.2 Å². The van der Waals surface area contributed by atoms with E-state index in [0.29, 0.717) is 6.04 Å². The highest BCUT2D eigenvalue weighted by Gasteiger charge is 2.22. The van der Waals surface area contributed by atoms with Crippen LogP contribution in [0.15, 0.2) is 24.3 Å². The van der Waals surface area contributed by atoms with Gasteiger partial charge in [-0.25, -0.2) is 0 Å². The van der Waals surface area contributed by atoms with Gasteiger partial charge in [-0.2, -0.15) is 0 Å². The second-order valence-corrected chi connectivity index (χ2v) is 5.23. The van der Waals surface area contributed by atoms with Crippen LogP contribution < -0.4 is 5.32 Å². The average molecular weight is 263 g/mol. The average Bonchev–Trinajstić information content (AvgIpc) is 2.81. The summed E-state index contributed by atoms with van der Waals surface area (Å²) in [5.41, 5.74) is 1.17. The van der Waals surface area contributed by atoms with Gasteiger partial charge in [0.05, 0.1) is 4.92 Å². The minimum Gasteiger partial charge on any atom is -0.306 e. The first-order valence-electron chi connectivity index (χ1n) is 6.79. The number of nitrogens with zero attached hydrogens (tertiary/aromatic N) is 2. The molecule has 2 rings (SSSR count). The molecule has 0 spiro atoms. The zero-order chi connectivity index (χ0) is 13.8. The van der Waals surface area contributed by atoms with Gasteiger partial charge >= 0.3 is 0 Å². The van der Waals surface area contributed by atoms with Crippen molar-refractivity contribution in [3.63, 3.8) is 0 Å². The summed E-state index contributed by atoms with van der Waals surface area (Å²) in [5.74, 6) is 0. The molecule has 1 aliphatic rings. The van der Waals surface area contributed by atoms with Crippen molar-refractivity contribution >= 4 is 5.69 Å². The van der Waals surface area contributed by atoms with Crippen molar-refractivity contribution in [2.75, 3.05) is 20.1 Å². The molecule has 1 saturated heterocycles. The Morgan fingerprint density at radius 1 is 1.58 bits per heavy atom. The smallest absolute Gasteiger partial charge is 0.269 e. The van der Waals surface area contributed by atoms with E-state index >= 15 is 0 Å². The second kappa shape index (κ2) is 6.12. The third-order valence-corrected chi connectivity index (χ3v) is 3.72. The topological polar surface area (TPSA) is 58.4 Å². The predicted molar refractivity (Wildman–Crippen MR) is 75.2 cm³/mol. The summed E-state index contributed by atoms with van der Waals surface area (Å²) in [5, 5.41) is 14.4. The van der Waals surface area contributed by atoms with Gasteiger partial charge in [0.15, 0.2) is 0 Å². The number of hydrogen-bond donors (Lipinski definition) is 1. The van der Waals surface area contributed by atoms with Gasteiger partial charge in [-0.1, -0.05) is 19.1 Å². The van der Waals surface area contributed by atoms with Crippen LogP contribution in [0.5, 0.6) is 0 Å². The first-order valence-corrected chi connectivity index (χ1v) is 6.79. The highest BCUT2D eigenvalue weighted by molar-refractivity contribution is 5.35. The van der Waals surface area contributed by atoms with Crippen molar-refractivity contribution in [1.29, 1.82) is 0 Å². The molecule has 0 bridgehead atoms. The summed E-state index contributed by atoms with van der Waals surface area (Å²) in [6.07, 6.45) is 2.07. The molecule has 0 aliphatic carbocycles. The first kappa shape index (κ1) is 14.0.